The van der Waals surface area contributed by atoms with Crippen LogP contribution in [0.25, 0.3) is 0 Å². The first kappa shape index (κ1) is 63.7. The van der Waals surface area contributed by atoms with Crippen molar-refractivity contribution in [2.24, 2.45) is 40.9 Å². The van der Waals surface area contributed by atoms with Crippen molar-refractivity contribution in [3.63, 3.8) is 0 Å². The van der Waals surface area contributed by atoms with Crippen molar-refractivity contribution in [1.82, 2.24) is 24.7 Å². The number of imide groups is 1. The largest absolute Gasteiger partial charge is 0.379 e. The topological polar surface area (TPSA) is 191 Å². The standard InChI is InChI=1S/C59H95N5O13/c1-13-41(6)54(61(10)57(70)45(39(2)3)35-48(65)53(40(4)5)60(9)25-28-74-30-32-76-33-31-75-29-26-63-51(67)34-42(7)56(63)69)50(72-11)36-52(68)62-23-19-22-47(62)55(73-12)43(8)49(66)38-59(58(71)64-24-17-18-27-77-64)37-46(59)44-20-15-14-16-21-44/h14-16,20-21,39-43,45-47,50,53-55H,13,17-19,22-38H2,1-12H3/t41-,42?,43-,45-,46+,47-,50+,53-,54-,55+,59-/m0/s1. The number of nitrogens with zero attached hydrogens (tertiary/aromatic N) is 5. The van der Waals surface area contributed by atoms with Crippen LogP contribution in [-0.4, -0.2) is 197 Å². The lowest BCUT2D eigenvalue weighted by Gasteiger charge is -2.41. The van der Waals surface area contributed by atoms with Gasteiger partial charge in [-0.15, -0.1) is 0 Å². The minimum Gasteiger partial charge on any atom is -0.379 e. The Morgan fingerprint density at radius 1 is 0.805 bits per heavy atom. The van der Waals surface area contributed by atoms with Crippen molar-refractivity contribution >= 4 is 41.1 Å². The molecule has 3 aliphatic heterocycles. The quantitative estimate of drug-likeness (QED) is 0.0558. The van der Waals surface area contributed by atoms with E-state index in [1.165, 1.54) is 9.96 Å². The van der Waals surface area contributed by atoms with Gasteiger partial charge in [-0.25, -0.2) is 5.06 Å². The van der Waals surface area contributed by atoms with Crippen LogP contribution in [0, 0.1) is 40.9 Å². The highest BCUT2D eigenvalue weighted by Gasteiger charge is 2.63. The summed E-state index contributed by atoms with van der Waals surface area (Å²) in [6.07, 6.45) is 3.49. The van der Waals surface area contributed by atoms with E-state index in [1.54, 1.807) is 33.1 Å². The van der Waals surface area contributed by atoms with Gasteiger partial charge < -0.3 is 33.5 Å². The lowest BCUT2D eigenvalue weighted by Crippen LogP contribution is -2.54. The molecule has 4 aliphatic rings. The van der Waals surface area contributed by atoms with Crippen molar-refractivity contribution in [3.05, 3.63) is 35.9 Å². The van der Waals surface area contributed by atoms with Crippen LogP contribution in [0.2, 0.25) is 0 Å². The van der Waals surface area contributed by atoms with Crippen LogP contribution in [0.1, 0.15) is 131 Å². The number of ketones is 2. The van der Waals surface area contributed by atoms with Gasteiger partial charge in [0, 0.05) is 77.9 Å². The third-order valence-corrected chi connectivity index (χ3v) is 17.0. The summed E-state index contributed by atoms with van der Waals surface area (Å²) in [5, 5.41) is 1.47. The summed E-state index contributed by atoms with van der Waals surface area (Å²) in [5.41, 5.74) is 0.124. The predicted molar refractivity (Wildman–Crippen MR) is 291 cm³/mol. The van der Waals surface area contributed by atoms with E-state index in [1.807, 2.05) is 81.8 Å². The van der Waals surface area contributed by atoms with Crippen LogP contribution in [0.4, 0.5) is 0 Å². The van der Waals surface area contributed by atoms with Gasteiger partial charge >= 0.3 is 0 Å². The van der Waals surface area contributed by atoms with E-state index in [0.717, 1.165) is 24.8 Å². The summed E-state index contributed by atoms with van der Waals surface area (Å²) in [5.74, 6) is -2.70. The number of ether oxygens (including phenoxy) is 5. The van der Waals surface area contributed by atoms with E-state index in [4.69, 9.17) is 28.5 Å². The Labute approximate surface area is 459 Å². The predicted octanol–water partition coefficient (Wildman–Crippen LogP) is 6.23. The highest BCUT2D eigenvalue weighted by Crippen LogP contribution is 2.63. The van der Waals surface area contributed by atoms with Crippen LogP contribution in [0.15, 0.2) is 30.3 Å². The number of hydroxylamine groups is 2. The fourth-order valence-electron chi connectivity index (χ4n) is 12.2. The fraction of sp³-hybridized carbons (Fsp3) is 0.780. The zero-order chi connectivity index (χ0) is 56.6. The first-order valence-electron chi connectivity index (χ1n) is 28.7. The Morgan fingerprint density at radius 2 is 1.47 bits per heavy atom. The molecule has 18 heteroatoms. The molecule has 0 bridgehead atoms. The molecular formula is C59H95N5O13. The molecule has 5 amide bonds. The van der Waals surface area contributed by atoms with Gasteiger partial charge in [0.15, 0.2) is 5.78 Å². The maximum atomic E-state index is 14.8. The van der Waals surface area contributed by atoms with Crippen molar-refractivity contribution in [2.75, 3.05) is 101 Å². The molecule has 3 heterocycles. The van der Waals surface area contributed by atoms with Crippen LogP contribution in [0.3, 0.4) is 0 Å². The summed E-state index contributed by atoms with van der Waals surface area (Å²) < 4.78 is 29.3. The smallest absolute Gasteiger partial charge is 0.253 e. The molecule has 0 aromatic heterocycles. The molecule has 1 unspecified atom stereocenters. The maximum absolute atomic E-state index is 14.8. The number of Topliss-reactive ketones (excluding diaryl/α,β-unsaturated/α-hetero) is 2. The molecule has 0 spiro atoms. The highest BCUT2D eigenvalue weighted by molar-refractivity contribution is 6.03. The molecule has 5 rings (SSSR count). The van der Waals surface area contributed by atoms with Gasteiger partial charge in [-0.2, -0.15) is 0 Å². The van der Waals surface area contributed by atoms with E-state index < -0.39 is 41.5 Å². The van der Waals surface area contributed by atoms with Crippen molar-refractivity contribution < 1.29 is 62.1 Å². The van der Waals surface area contributed by atoms with Crippen LogP contribution in [0.5, 0.6) is 0 Å². The molecule has 3 saturated heterocycles. The number of likely N-dealkylation sites (tertiary alicyclic amines) is 2. The molecule has 1 aromatic rings. The number of methoxy groups -OCH3 is 2. The normalized spacial score (nSPS) is 23.6. The molecule has 18 nitrogen and oxygen atoms in total. The Bertz CT molecular complexity index is 2090. The van der Waals surface area contributed by atoms with Crippen LogP contribution >= 0.6 is 0 Å². The first-order chi connectivity index (χ1) is 36.7. The SMILES string of the molecule is CC[C@H](C)[C@@H]([C@@H](CC(=O)N1CCC[C@H]1[C@H](OC)[C@@H](C)C(=O)C[C@@]1(C(=O)N2CCCCO2)C[C@@H]1c1ccccc1)OC)N(C)C(=O)[C@@H](CC(=O)[C@H](C(C)C)N(C)CCOCCOCCOCCN1C(=O)CC(C)C1=O)C(C)C. The Balaban J connectivity index is 1.15. The van der Waals surface area contributed by atoms with Gasteiger partial charge in [-0.05, 0) is 68.4 Å². The zero-order valence-electron chi connectivity index (χ0n) is 48.7. The highest BCUT2D eigenvalue weighted by atomic mass is 16.7. The Hall–Kier alpha value is -4.17. The lowest BCUT2D eigenvalue weighted by atomic mass is 9.83. The zero-order valence-corrected chi connectivity index (χ0v) is 48.7. The molecule has 1 aliphatic carbocycles. The van der Waals surface area contributed by atoms with Crippen molar-refractivity contribution in [2.45, 2.75) is 156 Å². The van der Waals surface area contributed by atoms with E-state index >= 15 is 0 Å². The van der Waals surface area contributed by atoms with Crippen molar-refractivity contribution in [1.29, 1.82) is 0 Å². The third kappa shape index (κ3) is 16.5. The van der Waals surface area contributed by atoms with Gasteiger partial charge in [0.1, 0.15) is 5.78 Å². The number of amides is 5. The second-order valence-corrected chi connectivity index (χ2v) is 23.0. The average molecular weight is 1080 g/mol. The first-order valence-corrected chi connectivity index (χ1v) is 28.7. The molecular weight excluding hydrogens is 987 g/mol. The summed E-state index contributed by atoms with van der Waals surface area (Å²) in [6.45, 7) is 19.9. The molecule has 1 aromatic carbocycles. The van der Waals surface area contributed by atoms with Crippen LogP contribution in [-0.2, 0) is 62.1 Å². The third-order valence-electron chi connectivity index (χ3n) is 17.0. The number of carbonyl (C=O) groups is 7. The van der Waals surface area contributed by atoms with Gasteiger partial charge in [0.05, 0.1) is 95.0 Å². The number of likely N-dealkylation sites (N-methyl/N-ethyl adjacent to an activating group) is 2. The molecule has 434 valence electrons. The van der Waals surface area contributed by atoms with E-state index in [9.17, 15) is 33.6 Å². The van der Waals surface area contributed by atoms with Gasteiger partial charge in [0.2, 0.25) is 23.6 Å². The summed E-state index contributed by atoms with van der Waals surface area (Å²) >= 11 is 0. The second-order valence-electron chi connectivity index (χ2n) is 23.0. The van der Waals surface area contributed by atoms with Crippen molar-refractivity contribution in [3.8, 4) is 0 Å². The molecule has 77 heavy (non-hydrogen) atoms. The average Bonchev–Trinajstić information content (AvgIpc) is 3.87. The molecule has 4 fully saturated rings. The van der Waals surface area contributed by atoms with Gasteiger partial charge in [0.25, 0.3) is 5.91 Å². The number of hydrogen-bond acceptors (Lipinski definition) is 14. The fourth-order valence-corrected chi connectivity index (χ4v) is 12.2. The van der Waals surface area contributed by atoms with E-state index in [-0.39, 0.29) is 116 Å². The number of hydrogen-bond donors (Lipinski definition) is 0. The molecule has 1 saturated carbocycles. The number of carbonyl (C=O) groups excluding carboxylic acids is 7. The minimum atomic E-state index is -0.905. The molecule has 0 N–H and O–H groups in total. The minimum absolute atomic E-state index is 0.00521. The molecule has 11 atom stereocenters. The van der Waals surface area contributed by atoms with Crippen LogP contribution < -0.4 is 0 Å². The maximum Gasteiger partial charge on any atom is 0.253 e. The Kier molecular flexibility index (Phi) is 25.2. The second kappa shape index (κ2) is 30.4. The molecule has 0 radical (unpaired) electrons. The monoisotopic (exact) mass is 1080 g/mol. The summed E-state index contributed by atoms with van der Waals surface area (Å²) in [7, 11) is 6.83. The lowest BCUT2D eigenvalue weighted by molar-refractivity contribution is -0.203. The van der Waals surface area contributed by atoms with Gasteiger partial charge in [-0.1, -0.05) is 92.1 Å². The summed E-state index contributed by atoms with van der Waals surface area (Å²) in [4.78, 5) is 109. The van der Waals surface area contributed by atoms with E-state index in [2.05, 4.69) is 13.8 Å². The number of rotatable bonds is 34. The van der Waals surface area contributed by atoms with Gasteiger partial charge in [-0.3, -0.25) is 48.2 Å². The summed E-state index contributed by atoms with van der Waals surface area (Å²) in [6, 6.07) is 8.59. The Morgan fingerprint density at radius 3 is 2.04 bits per heavy atom. The van der Waals surface area contributed by atoms with E-state index in [0.29, 0.717) is 78.5 Å². The number of benzene rings is 1.